The molecule has 2 aromatic rings. The quantitative estimate of drug-likeness (QED) is 0.818. The normalized spacial score (nSPS) is 18.5. The zero-order valence-electron chi connectivity index (χ0n) is 16.7. The number of carbonyl (C=O) groups excluding carboxylic acids is 3. The van der Waals surface area contributed by atoms with Crippen LogP contribution in [0.4, 0.5) is 0 Å². The molecule has 1 aromatic heterocycles. The molecule has 4 rings (SSSR count). The highest BCUT2D eigenvalue weighted by molar-refractivity contribution is 5.96. The zero-order chi connectivity index (χ0) is 20.5. The minimum absolute atomic E-state index is 0.00570. The lowest BCUT2D eigenvalue weighted by atomic mass is 10.0. The first-order chi connectivity index (χ1) is 13.9. The van der Waals surface area contributed by atoms with Crippen molar-refractivity contribution >= 4 is 17.7 Å². The first-order valence-electron chi connectivity index (χ1n) is 9.91. The molecule has 8 nitrogen and oxygen atoms in total. The van der Waals surface area contributed by atoms with Gasteiger partial charge in [-0.3, -0.25) is 19.5 Å². The molecular weight excluding hydrogens is 370 g/mol. The summed E-state index contributed by atoms with van der Waals surface area (Å²) in [7, 11) is 0. The Kier molecular flexibility index (Phi) is 5.08. The Morgan fingerprint density at radius 2 is 1.86 bits per heavy atom. The van der Waals surface area contributed by atoms with Gasteiger partial charge in [-0.15, -0.1) is 0 Å². The van der Waals surface area contributed by atoms with E-state index in [0.717, 1.165) is 23.2 Å². The Hall–Kier alpha value is -3.16. The molecule has 2 aliphatic heterocycles. The molecule has 152 valence electrons. The minimum atomic E-state index is -0.117. The van der Waals surface area contributed by atoms with Crippen molar-refractivity contribution in [2.45, 2.75) is 39.3 Å². The number of hydrogen-bond donors (Lipinski definition) is 2. The Labute approximate surface area is 169 Å². The van der Waals surface area contributed by atoms with Crippen LogP contribution in [0.2, 0.25) is 0 Å². The average molecular weight is 395 g/mol. The molecule has 1 unspecified atom stereocenters. The number of likely N-dealkylation sites (tertiary alicyclic amines) is 1. The molecule has 3 heterocycles. The minimum Gasteiger partial charge on any atom is -0.352 e. The van der Waals surface area contributed by atoms with Crippen LogP contribution in [-0.4, -0.2) is 63.4 Å². The van der Waals surface area contributed by atoms with Gasteiger partial charge >= 0.3 is 0 Å². The fraction of sp³-hybridized carbons (Fsp3) is 0.429. The Morgan fingerprint density at radius 3 is 2.59 bits per heavy atom. The number of aromatic amines is 1. The van der Waals surface area contributed by atoms with E-state index in [-0.39, 0.29) is 23.8 Å². The number of benzene rings is 1. The molecular formula is C21H25N5O3. The van der Waals surface area contributed by atoms with E-state index in [2.05, 4.69) is 15.5 Å². The number of carbonyl (C=O) groups is 3. The summed E-state index contributed by atoms with van der Waals surface area (Å²) >= 11 is 0. The maximum absolute atomic E-state index is 12.9. The van der Waals surface area contributed by atoms with Gasteiger partial charge in [0, 0.05) is 43.7 Å². The standard InChI is InChI=1S/C21H25N5O3/c1-13-3-5-15(6-4-13)20(28)26-10-8-17-18(12-26)23-24-19(17)21(29)25-9-7-16(11-25)22-14(2)27/h3-6,16H,7-12H2,1-2H3,(H,22,27)(H,23,24). The second-order valence-electron chi connectivity index (χ2n) is 7.81. The van der Waals surface area contributed by atoms with Crippen LogP contribution in [0.3, 0.4) is 0 Å². The van der Waals surface area contributed by atoms with Crippen LogP contribution in [0.15, 0.2) is 24.3 Å². The molecule has 2 aliphatic rings. The maximum atomic E-state index is 12.9. The van der Waals surface area contributed by atoms with E-state index in [1.165, 1.54) is 6.92 Å². The van der Waals surface area contributed by atoms with Crippen LogP contribution < -0.4 is 5.32 Å². The summed E-state index contributed by atoms with van der Waals surface area (Å²) in [6.07, 6.45) is 1.34. The van der Waals surface area contributed by atoms with Gasteiger partial charge in [0.25, 0.3) is 11.8 Å². The van der Waals surface area contributed by atoms with E-state index in [1.54, 1.807) is 9.80 Å². The Balaban J connectivity index is 1.44. The number of nitrogens with one attached hydrogen (secondary N) is 2. The summed E-state index contributed by atoms with van der Waals surface area (Å²) in [5, 5.41) is 10.1. The predicted molar refractivity (Wildman–Crippen MR) is 106 cm³/mol. The predicted octanol–water partition coefficient (Wildman–Crippen LogP) is 1.27. The zero-order valence-corrected chi connectivity index (χ0v) is 16.7. The second-order valence-corrected chi connectivity index (χ2v) is 7.81. The highest BCUT2D eigenvalue weighted by atomic mass is 16.2. The molecule has 0 bridgehead atoms. The van der Waals surface area contributed by atoms with E-state index < -0.39 is 0 Å². The monoisotopic (exact) mass is 395 g/mol. The van der Waals surface area contributed by atoms with Gasteiger partial charge in [-0.05, 0) is 31.9 Å². The van der Waals surface area contributed by atoms with E-state index in [4.69, 9.17) is 0 Å². The van der Waals surface area contributed by atoms with Crippen molar-refractivity contribution in [2.75, 3.05) is 19.6 Å². The lowest BCUT2D eigenvalue weighted by Crippen LogP contribution is -2.38. The summed E-state index contributed by atoms with van der Waals surface area (Å²) in [6.45, 7) is 5.54. The lowest BCUT2D eigenvalue weighted by molar-refractivity contribution is -0.119. The third-order valence-electron chi connectivity index (χ3n) is 5.60. The van der Waals surface area contributed by atoms with Gasteiger partial charge in [0.1, 0.15) is 0 Å². The third kappa shape index (κ3) is 3.87. The van der Waals surface area contributed by atoms with Crippen LogP contribution in [-0.2, 0) is 17.8 Å². The topological polar surface area (TPSA) is 98.4 Å². The Morgan fingerprint density at radius 1 is 1.10 bits per heavy atom. The number of rotatable bonds is 3. The van der Waals surface area contributed by atoms with Gasteiger partial charge in [-0.1, -0.05) is 17.7 Å². The molecule has 0 aliphatic carbocycles. The molecule has 1 fully saturated rings. The number of aromatic nitrogens is 2. The van der Waals surface area contributed by atoms with Crippen molar-refractivity contribution in [3.8, 4) is 0 Å². The van der Waals surface area contributed by atoms with Gasteiger partial charge in [0.15, 0.2) is 5.69 Å². The maximum Gasteiger partial charge on any atom is 0.274 e. The van der Waals surface area contributed by atoms with E-state index in [1.807, 2.05) is 31.2 Å². The molecule has 2 N–H and O–H groups in total. The van der Waals surface area contributed by atoms with Crippen LogP contribution in [0, 0.1) is 6.92 Å². The van der Waals surface area contributed by atoms with Crippen molar-refractivity contribution < 1.29 is 14.4 Å². The summed E-state index contributed by atoms with van der Waals surface area (Å²) in [5.74, 6) is -0.218. The summed E-state index contributed by atoms with van der Waals surface area (Å²) in [5.41, 5.74) is 3.92. The number of aryl methyl sites for hydroxylation is 1. The van der Waals surface area contributed by atoms with Crippen LogP contribution in [0.25, 0.3) is 0 Å². The van der Waals surface area contributed by atoms with Gasteiger partial charge in [-0.25, -0.2) is 0 Å². The van der Waals surface area contributed by atoms with E-state index >= 15 is 0 Å². The molecule has 3 amide bonds. The molecule has 0 radical (unpaired) electrons. The number of hydrogen-bond acceptors (Lipinski definition) is 4. The van der Waals surface area contributed by atoms with Gasteiger partial charge in [-0.2, -0.15) is 5.10 Å². The largest absolute Gasteiger partial charge is 0.352 e. The molecule has 29 heavy (non-hydrogen) atoms. The molecule has 8 heteroatoms. The second kappa shape index (κ2) is 7.69. The summed E-state index contributed by atoms with van der Waals surface area (Å²) in [6, 6.07) is 7.54. The highest BCUT2D eigenvalue weighted by Crippen LogP contribution is 2.24. The van der Waals surface area contributed by atoms with Crippen LogP contribution in [0.5, 0.6) is 0 Å². The molecule has 1 saturated heterocycles. The fourth-order valence-electron chi connectivity index (χ4n) is 4.05. The molecule has 1 aromatic carbocycles. The van der Waals surface area contributed by atoms with Gasteiger partial charge in [0.2, 0.25) is 5.91 Å². The first kappa shape index (κ1) is 19.2. The first-order valence-corrected chi connectivity index (χ1v) is 9.91. The van der Waals surface area contributed by atoms with Crippen LogP contribution >= 0.6 is 0 Å². The van der Waals surface area contributed by atoms with Crippen LogP contribution in [0.1, 0.15) is 51.0 Å². The van der Waals surface area contributed by atoms with E-state index in [0.29, 0.717) is 43.9 Å². The Bertz CT molecular complexity index is 950. The number of fused-ring (bicyclic) bond motifs is 1. The summed E-state index contributed by atoms with van der Waals surface area (Å²) < 4.78 is 0. The summed E-state index contributed by atoms with van der Waals surface area (Å²) in [4.78, 5) is 40.5. The molecule has 1 atom stereocenters. The number of amides is 3. The van der Waals surface area contributed by atoms with Crippen molar-refractivity contribution in [1.82, 2.24) is 25.3 Å². The third-order valence-corrected chi connectivity index (χ3v) is 5.60. The van der Waals surface area contributed by atoms with Gasteiger partial charge in [0.05, 0.1) is 12.2 Å². The molecule has 0 saturated carbocycles. The lowest BCUT2D eigenvalue weighted by Gasteiger charge is -2.27. The van der Waals surface area contributed by atoms with Crippen molar-refractivity contribution in [3.05, 3.63) is 52.3 Å². The molecule has 0 spiro atoms. The number of nitrogens with zero attached hydrogens (tertiary/aromatic N) is 3. The number of H-pyrrole nitrogens is 1. The average Bonchev–Trinajstić information content (AvgIpc) is 3.33. The van der Waals surface area contributed by atoms with E-state index in [9.17, 15) is 14.4 Å². The van der Waals surface area contributed by atoms with Crippen molar-refractivity contribution in [3.63, 3.8) is 0 Å². The van der Waals surface area contributed by atoms with Crippen molar-refractivity contribution in [1.29, 1.82) is 0 Å². The smallest absolute Gasteiger partial charge is 0.274 e. The fourth-order valence-corrected chi connectivity index (χ4v) is 4.05. The highest BCUT2D eigenvalue weighted by Gasteiger charge is 2.33. The van der Waals surface area contributed by atoms with Gasteiger partial charge < -0.3 is 15.1 Å². The van der Waals surface area contributed by atoms with Crippen molar-refractivity contribution in [2.24, 2.45) is 0 Å². The SMILES string of the molecule is CC(=O)NC1CCN(C(=O)c2n[nH]c3c2CCN(C(=O)c2ccc(C)cc2)C3)C1.